The molecule has 0 aromatic heterocycles. The zero-order chi connectivity index (χ0) is 4.41. The minimum Gasteiger partial charge on any atom is -0.274 e. The Labute approximate surface area is 36.6 Å². The third-order valence-corrected chi connectivity index (χ3v) is 0.772. The van der Waals surface area contributed by atoms with Crippen LogP contribution in [0.1, 0.15) is 6.42 Å². The Morgan fingerprint density at radius 3 is 2.67 bits per heavy atom. The average molecular weight is 82.1 g/mol. The third-order valence-electron chi connectivity index (χ3n) is 0.772. The quantitative estimate of drug-likeness (QED) is 0.406. The molecule has 2 heteroatoms. The van der Waals surface area contributed by atoms with Gasteiger partial charge >= 0.3 is 0 Å². The fourth-order valence-corrected chi connectivity index (χ4v) is 0.322. The molecule has 0 saturated carbocycles. The molecule has 0 atom stereocenters. The zero-order valence-electron chi connectivity index (χ0n) is 3.68. The van der Waals surface area contributed by atoms with Crippen molar-refractivity contribution in [2.75, 3.05) is 7.05 Å². The molecule has 1 aliphatic rings. The van der Waals surface area contributed by atoms with E-state index in [9.17, 15) is 0 Å². The van der Waals surface area contributed by atoms with Gasteiger partial charge in [-0.3, -0.25) is 4.99 Å². The zero-order valence-corrected chi connectivity index (χ0v) is 3.68. The van der Waals surface area contributed by atoms with E-state index in [4.69, 9.17) is 0 Å². The molecule has 0 aliphatic carbocycles. The Kier molecular flexibility index (Phi) is 0.708. The first-order valence-electron chi connectivity index (χ1n) is 1.91. The summed E-state index contributed by atoms with van der Waals surface area (Å²) in [6, 6.07) is 0. The highest BCUT2D eigenvalue weighted by molar-refractivity contribution is 6.07. The first kappa shape index (κ1) is 3.53. The fourth-order valence-electron chi connectivity index (χ4n) is 0.322. The van der Waals surface area contributed by atoms with Gasteiger partial charge in [0.2, 0.25) is 0 Å². The maximum atomic E-state index is 3.81. The van der Waals surface area contributed by atoms with Crippen molar-refractivity contribution in [2.45, 2.75) is 6.42 Å². The minimum atomic E-state index is 0.968. The third kappa shape index (κ3) is 0.339. The summed E-state index contributed by atoms with van der Waals surface area (Å²) in [7, 11) is 1.76. The molecule has 0 N–H and O–H groups in total. The van der Waals surface area contributed by atoms with Crippen LogP contribution in [-0.4, -0.2) is 19.1 Å². The summed E-state index contributed by atoms with van der Waals surface area (Å²) in [6.45, 7) is 0. The summed E-state index contributed by atoms with van der Waals surface area (Å²) < 4.78 is 0. The normalized spacial score (nSPS) is 24.5. The van der Waals surface area contributed by atoms with E-state index in [0.29, 0.717) is 0 Å². The molecule has 0 saturated heterocycles. The van der Waals surface area contributed by atoms with Crippen LogP contribution in [0.3, 0.4) is 0 Å². The molecule has 0 fully saturated rings. The van der Waals surface area contributed by atoms with Crippen molar-refractivity contribution in [2.24, 2.45) is 9.98 Å². The van der Waals surface area contributed by atoms with E-state index in [-0.39, 0.29) is 0 Å². The molecular formula is C4H6N2. The van der Waals surface area contributed by atoms with Crippen molar-refractivity contribution in [3.05, 3.63) is 0 Å². The Balaban J connectivity index is 2.60. The highest BCUT2D eigenvalue weighted by Gasteiger charge is 1.97. The van der Waals surface area contributed by atoms with Gasteiger partial charge in [0.25, 0.3) is 0 Å². The van der Waals surface area contributed by atoms with Gasteiger partial charge in [-0.1, -0.05) is 0 Å². The van der Waals surface area contributed by atoms with Gasteiger partial charge in [0, 0.05) is 19.7 Å². The Morgan fingerprint density at radius 1 is 2.00 bits per heavy atom. The van der Waals surface area contributed by atoms with E-state index in [1.807, 2.05) is 6.21 Å². The van der Waals surface area contributed by atoms with Crippen LogP contribution in [0.25, 0.3) is 0 Å². The van der Waals surface area contributed by atoms with Gasteiger partial charge in [-0.25, -0.2) is 4.99 Å². The van der Waals surface area contributed by atoms with Gasteiger partial charge in [-0.15, -0.1) is 0 Å². The molecule has 0 aromatic rings. The SMILES string of the molecule is CN=C1CC=N1. The number of hydrogen-bond acceptors (Lipinski definition) is 1. The summed E-state index contributed by atoms with van der Waals surface area (Å²) in [5.41, 5.74) is 0. The standard InChI is InChI=1S/C4H6N2/c1-5-4-2-3-6-4/h3H,2H2,1H3. The van der Waals surface area contributed by atoms with E-state index in [1.165, 1.54) is 0 Å². The van der Waals surface area contributed by atoms with Crippen molar-refractivity contribution in [3.8, 4) is 0 Å². The second-order valence-electron chi connectivity index (χ2n) is 1.16. The fraction of sp³-hybridized carbons (Fsp3) is 0.500. The number of hydrogen-bond donors (Lipinski definition) is 0. The molecule has 6 heavy (non-hydrogen) atoms. The van der Waals surface area contributed by atoms with Crippen LogP contribution in [0.4, 0.5) is 0 Å². The summed E-state index contributed by atoms with van der Waals surface area (Å²) in [5.74, 6) is 0.968. The van der Waals surface area contributed by atoms with Crippen molar-refractivity contribution in [3.63, 3.8) is 0 Å². The molecule has 0 bridgehead atoms. The molecular weight excluding hydrogens is 76.1 g/mol. The molecule has 0 radical (unpaired) electrons. The maximum absolute atomic E-state index is 3.81. The second-order valence-corrected chi connectivity index (χ2v) is 1.16. The van der Waals surface area contributed by atoms with Crippen LogP contribution >= 0.6 is 0 Å². The predicted octanol–water partition coefficient (Wildman–Crippen LogP) is 0.489. The summed E-state index contributed by atoms with van der Waals surface area (Å²) in [6.07, 6.45) is 2.82. The molecule has 1 heterocycles. The first-order valence-corrected chi connectivity index (χ1v) is 1.91. The van der Waals surface area contributed by atoms with E-state index in [0.717, 1.165) is 12.3 Å². The first-order chi connectivity index (χ1) is 2.93. The molecule has 0 aromatic carbocycles. The number of amidine groups is 1. The highest BCUT2D eigenvalue weighted by atomic mass is 14.9. The van der Waals surface area contributed by atoms with Gasteiger partial charge in [0.05, 0.1) is 0 Å². The molecule has 0 unspecified atom stereocenters. The van der Waals surface area contributed by atoms with Crippen LogP contribution in [0.2, 0.25) is 0 Å². The van der Waals surface area contributed by atoms with Crippen LogP contribution in [0.5, 0.6) is 0 Å². The molecule has 1 rings (SSSR count). The lowest BCUT2D eigenvalue weighted by molar-refractivity contribution is 1.30. The smallest absolute Gasteiger partial charge is 0.127 e. The minimum absolute atomic E-state index is 0.968. The van der Waals surface area contributed by atoms with E-state index >= 15 is 0 Å². The summed E-state index contributed by atoms with van der Waals surface area (Å²) >= 11 is 0. The number of aliphatic imine (C=N–C) groups is 2. The highest BCUT2D eigenvalue weighted by Crippen LogP contribution is 1.93. The van der Waals surface area contributed by atoms with Crippen molar-refractivity contribution in [1.82, 2.24) is 0 Å². The van der Waals surface area contributed by atoms with Gasteiger partial charge in [-0.2, -0.15) is 0 Å². The van der Waals surface area contributed by atoms with Crippen LogP contribution in [-0.2, 0) is 0 Å². The topological polar surface area (TPSA) is 24.7 Å². The van der Waals surface area contributed by atoms with Gasteiger partial charge in [0.1, 0.15) is 5.84 Å². The summed E-state index contributed by atoms with van der Waals surface area (Å²) in [5, 5.41) is 0. The van der Waals surface area contributed by atoms with Gasteiger partial charge in [-0.05, 0) is 0 Å². The van der Waals surface area contributed by atoms with Crippen molar-refractivity contribution >= 4 is 12.1 Å². The Morgan fingerprint density at radius 2 is 2.67 bits per heavy atom. The van der Waals surface area contributed by atoms with E-state index < -0.39 is 0 Å². The van der Waals surface area contributed by atoms with Crippen LogP contribution in [0, 0.1) is 0 Å². The lowest BCUT2D eigenvalue weighted by Crippen LogP contribution is -2.04. The van der Waals surface area contributed by atoms with Crippen molar-refractivity contribution in [1.29, 1.82) is 0 Å². The lowest BCUT2D eigenvalue weighted by Gasteiger charge is -1.99. The average Bonchev–Trinajstić information content (AvgIpc) is 1.31. The monoisotopic (exact) mass is 82.1 g/mol. The predicted molar refractivity (Wildman–Crippen MR) is 26.5 cm³/mol. The van der Waals surface area contributed by atoms with Crippen LogP contribution < -0.4 is 0 Å². The van der Waals surface area contributed by atoms with E-state index in [1.54, 1.807) is 7.05 Å². The molecule has 1 aliphatic heterocycles. The second kappa shape index (κ2) is 1.20. The van der Waals surface area contributed by atoms with Gasteiger partial charge < -0.3 is 0 Å². The number of nitrogens with zero attached hydrogens (tertiary/aromatic N) is 2. The molecule has 32 valence electrons. The van der Waals surface area contributed by atoms with Crippen molar-refractivity contribution < 1.29 is 0 Å². The lowest BCUT2D eigenvalue weighted by atomic mass is 10.3. The maximum Gasteiger partial charge on any atom is 0.127 e. The summed E-state index contributed by atoms with van der Waals surface area (Å²) in [4.78, 5) is 7.62. The van der Waals surface area contributed by atoms with Crippen LogP contribution in [0.15, 0.2) is 9.98 Å². The Bertz CT molecular complexity index is 102. The largest absolute Gasteiger partial charge is 0.274 e. The van der Waals surface area contributed by atoms with E-state index in [2.05, 4.69) is 9.98 Å². The molecule has 0 spiro atoms. The van der Waals surface area contributed by atoms with Gasteiger partial charge in [0.15, 0.2) is 0 Å². The molecule has 2 nitrogen and oxygen atoms in total. The number of rotatable bonds is 0. The molecule has 0 amide bonds. The Hall–Kier alpha value is -0.660.